The maximum Gasteiger partial charge on any atom is 0.0811 e. The molecule has 0 aliphatic carbocycles. The topological polar surface area (TPSA) is 23.5 Å². The van der Waals surface area contributed by atoms with Gasteiger partial charge in [-0.15, -0.1) is 0 Å². The Morgan fingerprint density at radius 1 is 1.42 bits per heavy atom. The van der Waals surface area contributed by atoms with Crippen molar-refractivity contribution in [2.24, 2.45) is 0 Å². The van der Waals surface area contributed by atoms with Crippen LogP contribution < -0.4 is 0 Å². The van der Waals surface area contributed by atoms with Crippen LogP contribution in [-0.2, 0) is 0 Å². The van der Waals surface area contributed by atoms with E-state index in [1.165, 1.54) is 25.8 Å². The Bertz CT molecular complexity index is 171. The first-order valence-corrected chi connectivity index (χ1v) is 5.23. The van der Waals surface area contributed by atoms with Crippen LogP contribution in [0.25, 0.3) is 0 Å². The van der Waals surface area contributed by atoms with Crippen molar-refractivity contribution in [2.45, 2.75) is 50.7 Å². The first-order valence-electron chi connectivity index (χ1n) is 5.23. The van der Waals surface area contributed by atoms with Crippen LogP contribution in [0.3, 0.4) is 0 Å². The minimum atomic E-state index is -0.347. The average molecular weight is 169 g/mol. The van der Waals surface area contributed by atoms with E-state index < -0.39 is 0 Å². The zero-order valence-electron chi connectivity index (χ0n) is 7.92. The van der Waals surface area contributed by atoms with Gasteiger partial charge in [-0.3, -0.25) is 4.90 Å². The van der Waals surface area contributed by atoms with Crippen molar-refractivity contribution in [3.8, 4) is 0 Å². The molecule has 70 valence electrons. The molecule has 2 fully saturated rings. The summed E-state index contributed by atoms with van der Waals surface area (Å²) in [5.74, 6) is 0. The van der Waals surface area contributed by atoms with Gasteiger partial charge in [0.15, 0.2) is 0 Å². The number of hydrogen-bond acceptors (Lipinski definition) is 2. The second-order valence-electron chi connectivity index (χ2n) is 4.25. The molecular formula is C10H19NO. The lowest BCUT2D eigenvalue weighted by molar-refractivity contribution is -0.0122. The van der Waals surface area contributed by atoms with Gasteiger partial charge in [0.2, 0.25) is 0 Å². The van der Waals surface area contributed by atoms with E-state index in [4.69, 9.17) is 0 Å². The zero-order chi connectivity index (χ0) is 8.60. The van der Waals surface area contributed by atoms with Crippen molar-refractivity contribution in [1.82, 2.24) is 4.90 Å². The Morgan fingerprint density at radius 3 is 3.00 bits per heavy atom. The van der Waals surface area contributed by atoms with E-state index in [-0.39, 0.29) is 5.60 Å². The molecular weight excluding hydrogens is 150 g/mol. The van der Waals surface area contributed by atoms with Crippen LogP contribution in [0, 0.1) is 0 Å². The number of nitrogens with zero attached hydrogens (tertiary/aromatic N) is 1. The number of rotatable bonds is 1. The molecule has 0 amide bonds. The Kier molecular flexibility index (Phi) is 2.13. The lowest BCUT2D eigenvalue weighted by Crippen LogP contribution is -2.46. The summed E-state index contributed by atoms with van der Waals surface area (Å²) in [6.07, 6.45) is 5.77. The highest BCUT2D eigenvalue weighted by molar-refractivity contribution is 5.00. The van der Waals surface area contributed by atoms with Crippen molar-refractivity contribution in [1.29, 1.82) is 0 Å². The maximum absolute atomic E-state index is 10.3. The lowest BCUT2D eigenvalue weighted by Gasteiger charge is -2.36. The minimum Gasteiger partial charge on any atom is -0.388 e. The number of fused-ring (bicyclic) bond motifs is 1. The molecule has 2 nitrogen and oxygen atoms in total. The van der Waals surface area contributed by atoms with Crippen LogP contribution in [0.1, 0.15) is 39.0 Å². The van der Waals surface area contributed by atoms with Gasteiger partial charge in [-0.1, -0.05) is 13.3 Å². The molecule has 2 rings (SSSR count). The Morgan fingerprint density at radius 2 is 2.25 bits per heavy atom. The van der Waals surface area contributed by atoms with Crippen molar-refractivity contribution in [3.63, 3.8) is 0 Å². The summed E-state index contributed by atoms with van der Waals surface area (Å²) in [4.78, 5) is 2.48. The summed E-state index contributed by atoms with van der Waals surface area (Å²) in [7, 11) is 0. The Hall–Kier alpha value is -0.0800. The fourth-order valence-electron chi connectivity index (χ4n) is 2.78. The number of piperidine rings is 1. The predicted molar refractivity (Wildman–Crippen MR) is 49.1 cm³/mol. The first kappa shape index (κ1) is 8.52. The molecule has 0 saturated carbocycles. The summed E-state index contributed by atoms with van der Waals surface area (Å²) in [6.45, 7) is 4.44. The van der Waals surface area contributed by atoms with E-state index in [0.717, 1.165) is 19.4 Å². The highest BCUT2D eigenvalue weighted by Crippen LogP contribution is 2.36. The highest BCUT2D eigenvalue weighted by Gasteiger charge is 2.44. The average Bonchev–Trinajstić information content (AvgIpc) is 2.46. The van der Waals surface area contributed by atoms with Crippen LogP contribution in [0.15, 0.2) is 0 Å². The van der Waals surface area contributed by atoms with Crippen molar-refractivity contribution < 1.29 is 5.11 Å². The lowest BCUT2D eigenvalue weighted by atomic mass is 9.87. The second-order valence-corrected chi connectivity index (χ2v) is 4.25. The van der Waals surface area contributed by atoms with Gasteiger partial charge in [-0.25, -0.2) is 0 Å². The molecule has 12 heavy (non-hydrogen) atoms. The van der Waals surface area contributed by atoms with Crippen molar-refractivity contribution in [2.75, 3.05) is 13.1 Å². The third-order valence-electron chi connectivity index (χ3n) is 3.68. The van der Waals surface area contributed by atoms with Gasteiger partial charge in [0.05, 0.1) is 5.60 Å². The summed E-state index contributed by atoms with van der Waals surface area (Å²) >= 11 is 0. The molecule has 0 aromatic carbocycles. The van der Waals surface area contributed by atoms with Crippen LogP contribution in [-0.4, -0.2) is 34.7 Å². The van der Waals surface area contributed by atoms with E-state index in [0.29, 0.717) is 6.04 Å². The predicted octanol–water partition coefficient (Wildman–Crippen LogP) is 1.39. The molecule has 2 aliphatic rings. The van der Waals surface area contributed by atoms with E-state index in [1.807, 2.05) is 0 Å². The molecule has 2 unspecified atom stereocenters. The van der Waals surface area contributed by atoms with Gasteiger partial charge in [-0.05, 0) is 32.2 Å². The Labute approximate surface area is 74.6 Å². The minimum absolute atomic E-state index is 0.347. The highest BCUT2D eigenvalue weighted by atomic mass is 16.3. The normalized spacial score (nSPS) is 43.0. The fourth-order valence-corrected chi connectivity index (χ4v) is 2.78. The molecule has 0 aromatic heterocycles. The number of aliphatic hydroxyl groups is 1. The molecule has 0 radical (unpaired) electrons. The van der Waals surface area contributed by atoms with Crippen LogP contribution in [0.4, 0.5) is 0 Å². The smallest absolute Gasteiger partial charge is 0.0811 e. The van der Waals surface area contributed by atoms with Gasteiger partial charge >= 0.3 is 0 Å². The van der Waals surface area contributed by atoms with E-state index in [1.54, 1.807) is 0 Å². The monoisotopic (exact) mass is 169 g/mol. The quantitative estimate of drug-likeness (QED) is 0.641. The van der Waals surface area contributed by atoms with Gasteiger partial charge in [0, 0.05) is 12.6 Å². The van der Waals surface area contributed by atoms with Gasteiger partial charge in [0.25, 0.3) is 0 Å². The van der Waals surface area contributed by atoms with Crippen LogP contribution in [0.5, 0.6) is 0 Å². The van der Waals surface area contributed by atoms with Crippen molar-refractivity contribution >= 4 is 0 Å². The van der Waals surface area contributed by atoms with Gasteiger partial charge < -0.3 is 5.11 Å². The molecule has 0 bridgehead atoms. The third kappa shape index (κ3) is 1.17. The maximum atomic E-state index is 10.3. The molecule has 2 atom stereocenters. The third-order valence-corrected chi connectivity index (χ3v) is 3.68. The second kappa shape index (κ2) is 3.00. The largest absolute Gasteiger partial charge is 0.388 e. The van der Waals surface area contributed by atoms with Crippen LogP contribution in [0.2, 0.25) is 0 Å². The van der Waals surface area contributed by atoms with E-state index >= 15 is 0 Å². The van der Waals surface area contributed by atoms with E-state index in [9.17, 15) is 5.11 Å². The van der Waals surface area contributed by atoms with E-state index in [2.05, 4.69) is 11.8 Å². The zero-order valence-corrected chi connectivity index (χ0v) is 7.92. The number of hydrogen-bond donors (Lipinski definition) is 1. The molecule has 2 heterocycles. The molecule has 1 N–H and O–H groups in total. The van der Waals surface area contributed by atoms with Gasteiger partial charge in [0.1, 0.15) is 0 Å². The van der Waals surface area contributed by atoms with Crippen molar-refractivity contribution in [3.05, 3.63) is 0 Å². The summed E-state index contributed by atoms with van der Waals surface area (Å²) in [5, 5.41) is 10.3. The molecule has 2 heteroatoms. The molecule has 0 aromatic rings. The molecule has 2 aliphatic heterocycles. The standard InChI is InChI=1S/C10H19NO/c1-2-10(12)6-8-11-7-4-3-5-9(10)11/h9,12H,2-8H2,1H3. The molecule has 2 saturated heterocycles. The Balaban J connectivity index is 2.10. The summed E-state index contributed by atoms with van der Waals surface area (Å²) in [5.41, 5.74) is -0.347. The summed E-state index contributed by atoms with van der Waals surface area (Å²) < 4.78 is 0. The molecule has 0 spiro atoms. The first-order chi connectivity index (χ1) is 5.76. The fraction of sp³-hybridized carbons (Fsp3) is 1.00. The summed E-state index contributed by atoms with van der Waals surface area (Å²) in [6, 6.07) is 0.483. The van der Waals surface area contributed by atoms with Crippen LogP contribution >= 0.6 is 0 Å². The SMILES string of the molecule is CCC1(O)CCN2CCCCC21. The van der Waals surface area contributed by atoms with Gasteiger partial charge in [-0.2, -0.15) is 0 Å².